The van der Waals surface area contributed by atoms with Crippen molar-refractivity contribution in [1.82, 2.24) is 19.7 Å². The van der Waals surface area contributed by atoms with E-state index in [-0.39, 0.29) is 10.9 Å². The summed E-state index contributed by atoms with van der Waals surface area (Å²) in [6.45, 7) is 2.88. The van der Waals surface area contributed by atoms with E-state index in [1.54, 1.807) is 29.3 Å². The zero-order valence-corrected chi connectivity index (χ0v) is 21.1. The number of hydrogen-bond acceptors (Lipinski definition) is 6. The van der Waals surface area contributed by atoms with Gasteiger partial charge in [0, 0.05) is 64.9 Å². The first-order valence-electron chi connectivity index (χ1n) is 10.9. The number of hydrogen-bond donors (Lipinski definition) is 0. The molecule has 0 saturated carbocycles. The van der Waals surface area contributed by atoms with E-state index in [0.717, 1.165) is 44.7 Å². The van der Waals surface area contributed by atoms with Crippen LogP contribution in [0.4, 0.5) is 0 Å². The van der Waals surface area contributed by atoms with Crippen LogP contribution in [0, 0.1) is 18.3 Å². The molecule has 170 valence electrons. The summed E-state index contributed by atoms with van der Waals surface area (Å²) in [5.41, 5.74) is 5.89. The van der Waals surface area contributed by atoms with E-state index in [4.69, 9.17) is 9.72 Å². The monoisotopic (exact) mass is 486 g/mol. The average Bonchev–Trinajstić information content (AvgIpc) is 3.39. The second-order valence-electron chi connectivity index (χ2n) is 8.16. The van der Waals surface area contributed by atoms with Crippen molar-refractivity contribution in [2.45, 2.75) is 11.1 Å². The van der Waals surface area contributed by atoms with E-state index >= 15 is 0 Å². The van der Waals surface area contributed by atoms with Gasteiger partial charge in [0.1, 0.15) is 22.9 Å². The smallest absolute Gasteiger partial charge is 0.214 e. The van der Waals surface area contributed by atoms with Crippen LogP contribution in [0.2, 0.25) is 0 Å². The molecule has 0 N–H and O–H groups in total. The molecule has 0 spiro atoms. The molecule has 0 amide bonds. The first-order valence-corrected chi connectivity index (χ1v) is 13.5. The number of aromatic nitrogens is 4. The Kier molecular flexibility index (Phi) is 6.09. The van der Waals surface area contributed by atoms with E-state index in [9.17, 15) is 5.26 Å². The number of fused-ring (bicyclic) bond motifs is 2. The molecule has 0 radical (unpaired) electrons. The minimum atomic E-state index is 0.0296. The highest BCUT2D eigenvalue weighted by atomic mass is 32.2. The lowest BCUT2D eigenvalue weighted by atomic mass is 9.93. The highest BCUT2D eigenvalue weighted by molar-refractivity contribution is 7.98. The highest BCUT2D eigenvalue weighted by Gasteiger charge is 2.28. The molecule has 8 heteroatoms. The van der Waals surface area contributed by atoms with Crippen LogP contribution in [0.15, 0.2) is 53.0 Å². The Morgan fingerprint density at radius 3 is 2.74 bits per heavy atom. The van der Waals surface area contributed by atoms with Crippen molar-refractivity contribution in [2.75, 3.05) is 25.7 Å². The number of nitriles is 1. The minimum Gasteiger partial charge on any atom is -0.380 e. The first kappa shape index (κ1) is 22.5. The molecule has 1 unspecified atom stereocenters. The van der Waals surface area contributed by atoms with Gasteiger partial charge < -0.3 is 4.74 Å². The summed E-state index contributed by atoms with van der Waals surface area (Å²) in [5.74, 6) is 0.963. The van der Waals surface area contributed by atoms with Crippen molar-refractivity contribution in [1.29, 1.82) is 5.26 Å². The number of nitrogens with zero attached hydrogens (tertiary/aromatic N) is 5. The lowest BCUT2D eigenvalue weighted by Gasteiger charge is -2.12. The molecule has 5 aromatic rings. The maximum atomic E-state index is 10.4. The number of aryl methyl sites for hydroxylation is 2. The van der Waals surface area contributed by atoms with Gasteiger partial charge in [0.05, 0.1) is 17.9 Å². The Labute approximate surface area is 205 Å². The fraction of sp³-hybridized carbons (Fsp3) is 0.231. The van der Waals surface area contributed by atoms with Crippen LogP contribution in [-0.4, -0.2) is 45.5 Å². The summed E-state index contributed by atoms with van der Waals surface area (Å²) in [6, 6.07) is 14.6. The predicted molar refractivity (Wildman–Crippen MR) is 140 cm³/mol. The predicted octanol–water partition coefficient (Wildman–Crippen LogP) is 5.35. The fourth-order valence-electron chi connectivity index (χ4n) is 4.26. The number of rotatable bonds is 6. The van der Waals surface area contributed by atoms with Crippen LogP contribution in [0.5, 0.6) is 0 Å². The molecule has 0 aliphatic carbocycles. The Balaban J connectivity index is 1.82. The zero-order valence-electron chi connectivity index (χ0n) is 19.5. The summed E-state index contributed by atoms with van der Waals surface area (Å²) >= 11 is 1.73. The summed E-state index contributed by atoms with van der Waals surface area (Å²) in [5, 5.41) is 16.8. The SMILES string of the molecule is COCC[S+](C)c1sc2nc(-c3cnc4nn(C)cc4c3)c(C#N)c(-c3ccccc3)c2c1C. The maximum absolute atomic E-state index is 10.4. The van der Waals surface area contributed by atoms with E-state index < -0.39 is 0 Å². The molecular formula is C26H24N5OS2+. The highest BCUT2D eigenvalue weighted by Crippen LogP contribution is 2.44. The van der Waals surface area contributed by atoms with Gasteiger partial charge in [0.15, 0.2) is 5.65 Å². The van der Waals surface area contributed by atoms with Gasteiger partial charge in [-0.3, -0.25) is 4.68 Å². The Morgan fingerprint density at radius 2 is 2.00 bits per heavy atom. The van der Waals surface area contributed by atoms with Gasteiger partial charge in [-0.25, -0.2) is 9.97 Å². The molecule has 34 heavy (non-hydrogen) atoms. The largest absolute Gasteiger partial charge is 0.380 e. The first-order chi connectivity index (χ1) is 16.5. The Morgan fingerprint density at radius 1 is 1.21 bits per heavy atom. The number of benzene rings is 1. The molecule has 4 heterocycles. The normalized spacial score (nSPS) is 12.3. The minimum absolute atomic E-state index is 0.0296. The molecule has 5 rings (SSSR count). The lowest BCUT2D eigenvalue weighted by molar-refractivity contribution is 0.218. The summed E-state index contributed by atoms with van der Waals surface area (Å²) < 4.78 is 8.39. The molecule has 1 atom stereocenters. The Hall–Kier alpha value is -3.25. The number of methoxy groups -OCH3 is 1. The maximum Gasteiger partial charge on any atom is 0.214 e. The van der Waals surface area contributed by atoms with Gasteiger partial charge in [-0.2, -0.15) is 10.4 Å². The van der Waals surface area contributed by atoms with Crippen LogP contribution in [0.3, 0.4) is 0 Å². The average molecular weight is 487 g/mol. The molecule has 4 aromatic heterocycles. The summed E-state index contributed by atoms with van der Waals surface area (Å²) in [6.07, 6.45) is 5.95. The molecule has 6 nitrogen and oxygen atoms in total. The van der Waals surface area contributed by atoms with Crippen molar-refractivity contribution in [2.24, 2.45) is 7.05 Å². The van der Waals surface area contributed by atoms with Crippen molar-refractivity contribution in [3.8, 4) is 28.5 Å². The van der Waals surface area contributed by atoms with Crippen LogP contribution in [0.1, 0.15) is 11.1 Å². The van der Waals surface area contributed by atoms with E-state index in [1.165, 1.54) is 9.77 Å². The second-order valence-corrected chi connectivity index (χ2v) is 11.5. The standard InChI is InChI=1S/C26H24N5OS2/c1-16-21-22(17-8-6-5-7-9-17)20(13-27)23(18-12-19-15-31(2)30-24(19)28-14-18)29-25(21)33-26(16)34(4)11-10-32-3/h5-9,12,14-15H,10-11H2,1-4H3/q+1. The van der Waals surface area contributed by atoms with Crippen LogP contribution in [-0.2, 0) is 22.7 Å². The van der Waals surface area contributed by atoms with Gasteiger partial charge in [-0.1, -0.05) is 41.7 Å². The van der Waals surface area contributed by atoms with Gasteiger partial charge in [0.25, 0.3) is 0 Å². The molecule has 0 aliphatic rings. The van der Waals surface area contributed by atoms with E-state index in [2.05, 4.69) is 41.5 Å². The molecule has 1 aromatic carbocycles. The third-order valence-corrected chi connectivity index (χ3v) is 9.67. The topological polar surface area (TPSA) is 76.6 Å². The second kappa shape index (κ2) is 9.18. The number of pyridine rings is 2. The number of ether oxygens (including phenoxy) is 1. The van der Waals surface area contributed by atoms with Crippen molar-refractivity contribution in [3.63, 3.8) is 0 Å². The number of thiophene rings is 1. The third kappa shape index (κ3) is 3.86. The van der Waals surface area contributed by atoms with Crippen molar-refractivity contribution >= 4 is 43.5 Å². The van der Waals surface area contributed by atoms with Gasteiger partial charge in [0.2, 0.25) is 4.21 Å². The third-order valence-electron chi connectivity index (χ3n) is 5.87. The van der Waals surface area contributed by atoms with Crippen molar-refractivity contribution in [3.05, 3.63) is 59.9 Å². The molecule has 0 aliphatic heterocycles. The molecule has 0 bridgehead atoms. The quantitative estimate of drug-likeness (QED) is 0.303. The van der Waals surface area contributed by atoms with Crippen LogP contribution >= 0.6 is 11.3 Å². The Bertz CT molecular complexity index is 1550. The van der Waals surface area contributed by atoms with Gasteiger partial charge in [-0.05, 0) is 18.6 Å². The molecular weight excluding hydrogens is 462 g/mol. The van der Waals surface area contributed by atoms with Gasteiger partial charge >= 0.3 is 0 Å². The zero-order chi connectivity index (χ0) is 23.8. The molecule has 0 saturated heterocycles. The fourth-order valence-corrected chi connectivity index (χ4v) is 7.47. The lowest BCUT2D eigenvalue weighted by Crippen LogP contribution is -2.10. The molecule has 0 fully saturated rings. The summed E-state index contributed by atoms with van der Waals surface area (Å²) in [4.78, 5) is 10.5. The van der Waals surface area contributed by atoms with Gasteiger partial charge in [-0.15, -0.1) is 0 Å². The van der Waals surface area contributed by atoms with Crippen LogP contribution in [0.25, 0.3) is 43.6 Å². The van der Waals surface area contributed by atoms with E-state index in [1.807, 2.05) is 37.5 Å². The van der Waals surface area contributed by atoms with Crippen LogP contribution < -0.4 is 0 Å². The van der Waals surface area contributed by atoms with E-state index in [0.29, 0.717) is 16.9 Å². The van der Waals surface area contributed by atoms with Crippen molar-refractivity contribution < 1.29 is 4.74 Å². The summed E-state index contributed by atoms with van der Waals surface area (Å²) in [7, 11) is 3.64.